The molecule has 1 aromatic rings. The molecule has 17 atom stereocenters. The van der Waals surface area contributed by atoms with Crippen LogP contribution in [0.5, 0.6) is 5.75 Å². The molecule has 0 N–H and O–H groups in total. The zero-order valence-electron chi connectivity index (χ0n) is 37.6. The van der Waals surface area contributed by atoms with Crippen molar-refractivity contribution >= 4 is 17.3 Å². The lowest BCUT2D eigenvalue weighted by atomic mass is 9.65. The molecule has 0 bridgehead atoms. The summed E-state index contributed by atoms with van der Waals surface area (Å²) in [5.41, 5.74) is 2.94. The smallest absolute Gasteiger partial charge is 0.306 e. The van der Waals surface area contributed by atoms with Gasteiger partial charge in [-0.3, -0.25) is 9.59 Å². The summed E-state index contributed by atoms with van der Waals surface area (Å²) >= 11 is 0. The summed E-state index contributed by atoms with van der Waals surface area (Å²) in [6.07, 6.45) is 7.89. The van der Waals surface area contributed by atoms with Crippen molar-refractivity contribution in [3.63, 3.8) is 0 Å². The summed E-state index contributed by atoms with van der Waals surface area (Å²) in [4.78, 5) is 31.4. The molecule has 0 amide bonds. The van der Waals surface area contributed by atoms with E-state index in [1.807, 2.05) is 26.0 Å². The lowest BCUT2D eigenvalue weighted by molar-refractivity contribution is -0.314. The lowest BCUT2D eigenvalue weighted by Crippen LogP contribution is -2.59. The van der Waals surface area contributed by atoms with E-state index in [9.17, 15) is 4.79 Å². The first kappa shape index (κ1) is 45.3. The van der Waals surface area contributed by atoms with Crippen molar-refractivity contribution < 1.29 is 52.2 Å². The molecule has 12 heteroatoms. The fraction of sp³-hybridized carbons (Fsp3) is 0.750. The number of allylic oxidation sites excluding steroid dienone is 4. The SMILES string of the molecule is CC[C@H]1CCC[C@H](O[C@H]2CC[C@H](N(C)C)C(C)O2)[C@@H](C)C(=O)C2=C[C@@H]3C(C(c4ccc(OC)cc4)=CC4C[C@@H](O[C@@H]5OC(C)[C@H](OC)C(OC)C5OC)C[C@H]43)[C@@H]2CC(=O)O1. The van der Waals surface area contributed by atoms with Gasteiger partial charge in [-0.05, 0) is 132 Å². The first-order valence-corrected chi connectivity index (χ1v) is 22.6. The number of ether oxygens (including phenoxy) is 9. The number of carbonyl (C=O) groups excluding carboxylic acids is 2. The van der Waals surface area contributed by atoms with Crippen LogP contribution in [0.2, 0.25) is 0 Å². The van der Waals surface area contributed by atoms with Crippen LogP contribution in [0.1, 0.15) is 91.0 Å². The van der Waals surface area contributed by atoms with E-state index in [0.717, 1.165) is 67.4 Å². The number of benzene rings is 1. The Kier molecular flexibility index (Phi) is 15.0. The van der Waals surface area contributed by atoms with Gasteiger partial charge in [0.1, 0.15) is 30.2 Å². The van der Waals surface area contributed by atoms with E-state index in [2.05, 4.69) is 57.1 Å². The maximum Gasteiger partial charge on any atom is 0.306 e. The monoisotopic (exact) mass is 838 g/mol. The molecule has 0 spiro atoms. The molecule has 334 valence electrons. The minimum Gasteiger partial charge on any atom is -0.497 e. The van der Waals surface area contributed by atoms with E-state index in [1.165, 1.54) is 0 Å². The summed E-state index contributed by atoms with van der Waals surface area (Å²) in [7, 11) is 10.8. The fourth-order valence-electron chi connectivity index (χ4n) is 11.6. The molecule has 3 aliphatic carbocycles. The van der Waals surface area contributed by atoms with E-state index in [4.69, 9.17) is 42.6 Å². The van der Waals surface area contributed by atoms with Crippen LogP contribution in [0.3, 0.4) is 0 Å². The highest BCUT2D eigenvalue weighted by Crippen LogP contribution is 2.58. The maximum atomic E-state index is 15.2. The summed E-state index contributed by atoms with van der Waals surface area (Å²) in [6.45, 7) is 8.17. The number of methoxy groups -OCH3 is 4. The van der Waals surface area contributed by atoms with Gasteiger partial charge in [-0.1, -0.05) is 38.1 Å². The molecule has 6 unspecified atom stereocenters. The molecule has 0 aromatic heterocycles. The highest BCUT2D eigenvalue weighted by Gasteiger charge is 2.54. The van der Waals surface area contributed by atoms with Gasteiger partial charge in [-0.15, -0.1) is 0 Å². The number of likely N-dealkylation sites (N-methyl/N-ethyl adjacent to an activating group) is 1. The van der Waals surface area contributed by atoms with Gasteiger partial charge < -0.3 is 47.5 Å². The molecular formula is C48H71NO11. The minimum absolute atomic E-state index is 0.000583. The van der Waals surface area contributed by atoms with E-state index >= 15 is 4.79 Å². The number of carbonyl (C=O) groups is 2. The Morgan fingerprint density at radius 3 is 2.17 bits per heavy atom. The molecule has 3 saturated heterocycles. The Labute approximate surface area is 357 Å². The van der Waals surface area contributed by atoms with E-state index in [-0.39, 0.29) is 96.8 Å². The van der Waals surface area contributed by atoms with Crippen molar-refractivity contribution in [1.29, 1.82) is 0 Å². The molecule has 1 saturated carbocycles. The molecule has 7 rings (SSSR count). The quantitative estimate of drug-likeness (QED) is 0.213. The van der Waals surface area contributed by atoms with Crippen molar-refractivity contribution in [2.45, 2.75) is 153 Å². The Morgan fingerprint density at radius 1 is 0.783 bits per heavy atom. The number of hydrogen-bond donors (Lipinski definition) is 0. The highest BCUT2D eigenvalue weighted by molar-refractivity contribution is 5.99. The van der Waals surface area contributed by atoms with Gasteiger partial charge >= 0.3 is 5.97 Å². The normalized spacial score (nSPS) is 41.3. The van der Waals surface area contributed by atoms with Crippen LogP contribution in [0.25, 0.3) is 5.57 Å². The third-order valence-electron chi connectivity index (χ3n) is 14.8. The summed E-state index contributed by atoms with van der Waals surface area (Å²) in [5, 5.41) is 0. The Morgan fingerprint density at radius 2 is 1.52 bits per heavy atom. The van der Waals surface area contributed by atoms with Crippen molar-refractivity contribution in [1.82, 2.24) is 4.90 Å². The van der Waals surface area contributed by atoms with Gasteiger partial charge in [-0.2, -0.15) is 0 Å². The van der Waals surface area contributed by atoms with Crippen molar-refractivity contribution in [2.75, 3.05) is 42.5 Å². The second-order valence-electron chi connectivity index (χ2n) is 18.4. The Hall–Kier alpha value is -2.68. The molecule has 4 fully saturated rings. The molecule has 1 aromatic carbocycles. The van der Waals surface area contributed by atoms with Crippen LogP contribution in [0, 0.1) is 35.5 Å². The standard InChI is InChI=1S/C48H71NO11/c1-11-31-13-12-14-40(60-42-20-19-39(49(5)6)27(3)56-42)26(2)44(51)38-24-36-34-23-33(59-48-47(55-10)46(54-9)45(53-8)28(4)57-48)21-30(34)22-35(29-15-17-32(52-7)18-16-29)43(36)37(38)25-41(50)58-31/h15-18,22,24,26-28,30-31,33-34,36-37,39-40,42-43,45-48H,11-14,19-21,23,25H2,1-10H3/t26-,27?,28?,30?,31+,33-,34-,36+,37-,39+,40+,42+,43?,45+,46?,47?,48+/m1/s1. The third-order valence-corrected chi connectivity index (χ3v) is 14.8. The van der Waals surface area contributed by atoms with Gasteiger partial charge in [0.2, 0.25) is 0 Å². The Bertz CT molecular complexity index is 1680. The second-order valence-corrected chi connectivity index (χ2v) is 18.4. The second kappa shape index (κ2) is 19.8. The average Bonchev–Trinajstić information content (AvgIpc) is 3.82. The third kappa shape index (κ3) is 9.32. The van der Waals surface area contributed by atoms with Crippen molar-refractivity contribution in [3.8, 4) is 5.75 Å². The van der Waals surface area contributed by atoms with Gasteiger partial charge in [-0.25, -0.2) is 0 Å². The van der Waals surface area contributed by atoms with Gasteiger partial charge in [0, 0.05) is 39.2 Å². The summed E-state index contributed by atoms with van der Waals surface area (Å²) in [5.74, 6) is 0.0476. The number of esters is 1. The Balaban J connectivity index is 1.21. The fourth-order valence-corrected chi connectivity index (χ4v) is 11.6. The van der Waals surface area contributed by atoms with Crippen LogP contribution in [-0.4, -0.2) is 127 Å². The molecule has 60 heavy (non-hydrogen) atoms. The number of hydrogen-bond acceptors (Lipinski definition) is 12. The largest absolute Gasteiger partial charge is 0.497 e. The van der Waals surface area contributed by atoms with Crippen molar-refractivity contribution in [2.24, 2.45) is 35.5 Å². The van der Waals surface area contributed by atoms with Crippen LogP contribution < -0.4 is 4.74 Å². The number of rotatable bonds is 11. The predicted molar refractivity (Wildman–Crippen MR) is 226 cm³/mol. The van der Waals surface area contributed by atoms with Crippen LogP contribution in [0.15, 0.2) is 42.0 Å². The highest BCUT2D eigenvalue weighted by atomic mass is 16.7. The number of nitrogens with zero attached hydrogens (tertiary/aromatic N) is 1. The van der Waals surface area contributed by atoms with Crippen molar-refractivity contribution in [3.05, 3.63) is 47.6 Å². The molecule has 3 aliphatic heterocycles. The predicted octanol–water partition coefficient (Wildman–Crippen LogP) is 7.02. The molecule has 12 nitrogen and oxygen atoms in total. The topological polar surface area (TPSA) is 120 Å². The molecular weight excluding hydrogens is 767 g/mol. The van der Waals surface area contributed by atoms with Crippen LogP contribution in [0.4, 0.5) is 0 Å². The molecule has 3 heterocycles. The zero-order valence-corrected chi connectivity index (χ0v) is 37.6. The molecule has 0 radical (unpaired) electrons. The van der Waals surface area contributed by atoms with E-state index in [1.54, 1.807) is 28.4 Å². The number of cyclic esters (lactones) is 1. The molecule has 6 aliphatic rings. The average molecular weight is 838 g/mol. The first-order valence-electron chi connectivity index (χ1n) is 22.6. The van der Waals surface area contributed by atoms with Gasteiger partial charge in [0.15, 0.2) is 18.4 Å². The van der Waals surface area contributed by atoms with Gasteiger partial charge in [0.05, 0.1) is 37.9 Å². The maximum absolute atomic E-state index is 15.2. The first-order chi connectivity index (χ1) is 28.9. The summed E-state index contributed by atoms with van der Waals surface area (Å²) < 4.78 is 55.9. The van der Waals surface area contributed by atoms with Crippen LogP contribution in [-0.2, 0) is 47.5 Å². The minimum atomic E-state index is -0.644. The van der Waals surface area contributed by atoms with Gasteiger partial charge in [0.25, 0.3) is 0 Å². The number of fused-ring (bicyclic) bond motifs is 5. The number of Topliss-reactive ketones (excluding diaryl/α,β-unsaturated/α-hetero) is 1. The van der Waals surface area contributed by atoms with Crippen LogP contribution >= 0.6 is 0 Å². The van der Waals surface area contributed by atoms with E-state index in [0.29, 0.717) is 12.5 Å². The number of ketones is 1. The lowest BCUT2D eigenvalue weighted by Gasteiger charge is -2.44. The summed E-state index contributed by atoms with van der Waals surface area (Å²) in [6, 6.07) is 8.48. The van der Waals surface area contributed by atoms with E-state index < -0.39 is 18.3 Å². The zero-order chi connectivity index (χ0) is 42.8.